The van der Waals surface area contributed by atoms with E-state index in [1.54, 1.807) is 0 Å². The number of rotatable bonds is 3. The van der Waals surface area contributed by atoms with Crippen LogP contribution < -0.4 is 5.73 Å². The molecule has 2 N–H and O–H groups in total. The molecule has 4 heteroatoms. The van der Waals surface area contributed by atoms with Crippen LogP contribution in [0.4, 0.5) is 8.78 Å². The summed E-state index contributed by atoms with van der Waals surface area (Å²) in [4.78, 5) is 0. The van der Waals surface area contributed by atoms with E-state index in [1.165, 1.54) is 0 Å². The summed E-state index contributed by atoms with van der Waals surface area (Å²) < 4.78 is 26.1. The molecule has 1 aromatic rings. The Bertz CT molecular complexity index is 326. The minimum absolute atomic E-state index is 0.0475. The molecule has 0 amide bonds. The van der Waals surface area contributed by atoms with Crippen LogP contribution in [0.2, 0.25) is 5.02 Å². The molecule has 14 heavy (non-hydrogen) atoms. The summed E-state index contributed by atoms with van der Waals surface area (Å²) in [5, 5.41) is -0.134. The molecule has 0 spiro atoms. The average Bonchev–Trinajstić information content (AvgIpc) is 2.11. The first-order valence-corrected chi connectivity index (χ1v) is 4.78. The van der Waals surface area contributed by atoms with Gasteiger partial charge in [0.05, 0.1) is 5.02 Å². The van der Waals surface area contributed by atoms with Gasteiger partial charge in [-0.25, -0.2) is 8.78 Å². The second kappa shape index (κ2) is 4.71. The highest BCUT2D eigenvalue weighted by molar-refractivity contribution is 6.31. The normalized spacial score (nSPS) is 12.9. The van der Waals surface area contributed by atoms with Gasteiger partial charge in [-0.2, -0.15) is 0 Å². The van der Waals surface area contributed by atoms with Gasteiger partial charge in [-0.05, 0) is 31.9 Å². The summed E-state index contributed by atoms with van der Waals surface area (Å²) in [6.45, 7) is 1.81. The molecule has 78 valence electrons. The monoisotopic (exact) mass is 219 g/mol. The Morgan fingerprint density at radius 2 is 1.93 bits per heavy atom. The number of halogens is 3. The summed E-state index contributed by atoms with van der Waals surface area (Å²) in [5.41, 5.74) is 5.73. The Labute approximate surface area is 86.9 Å². The molecule has 0 radical (unpaired) electrons. The van der Waals surface area contributed by atoms with Gasteiger partial charge in [-0.3, -0.25) is 0 Å². The summed E-state index contributed by atoms with van der Waals surface area (Å²) in [7, 11) is 0. The molecule has 0 aliphatic rings. The Morgan fingerprint density at radius 1 is 1.36 bits per heavy atom. The van der Waals surface area contributed by atoms with E-state index in [1.807, 2.05) is 6.92 Å². The van der Waals surface area contributed by atoms with Gasteiger partial charge >= 0.3 is 0 Å². The standard InChI is InChI=1S/C10H12ClF2N/c1-6(14)2-3-7-8(12)4-5-9(13)10(7)11/h4-6H,2-3,14H2,1H3/t6-/m1/s1. The summed E-state index contributed by atoms with van der Waals surface area (Å²) in [5.74, 6) is -1.07. The zero-order chi connectivity index (χ0) is 10.7. The maximum atomic E-state index is 13.2. The maximum Gasteiger partial charge on any atom is 0.142 e. The third-order valence-corrected chi connectivity index (χ3v) is 2.40. The molecule has 0 saturated heterocycles. The Hall–Kier alpha value is -0.670. The fraction of sp³-hybridized carbons (Fsp3) is 0.400. The van der Waals surface area contributed by atoms with Crippen molar-refractivity contribution >= 4 is 11.6 Å². The predicted octanol–water partition coefficient (Wildman–Crippen LogP) is 2.90. The van der Waals surface area contributed by atoms with Crippen molar-refractivity contribution in [2.45, 2.75) is 25.8 Å². The summed E-state index contributed by atoms with van der Waals surface area (Å²) >= 11 is 5.63. The minimum Gasteiger partial charge on any atom is -0.328 e. The van der Waals surface area contributed by atoms with Crippen molar-refractivity contribution < 1.29 is 8.78 Å². The van der Waals surface area contributed by atoms with Crippen molar-refractivity contribution in [1.29, 1.82) is 0 Å². The molecule has 0 aliphatic carbocycles. The van der Waals surface area contributed by atoms with E-state index in [9.17, 15) is 8.78 Å². The lowest BCUT2D eigenvalue weighted by molar-refractivity contribution is 0.572. The smallest absolute Gasteiger partial charge is 0.142 e. The van der Waals surface area contributed by atoms with Crippen LogP contribution in [-0.2, 0) is 6.42 Å². The number of nitrogens with two attached hydrogens (primary N) is 1. The van der Waals surface area contributed by atoms with E-state index in [4.69, 9.17) is 17.3 Å². The van der Waals surface area contributed by atoms with Gasteiger partial charge in [0.2, 0.25) is 0 Å². The predicted molar refractivity (Wildman–Crippen MR) is 53.3 cm³/mol. The highest BCUT2D eigenvalue weighted by atomic mass is 35.5. The van der Waals surface area contributed by atoms with E-state index in [0.29, 0.717) is 12.8 Å². The van der Waals surface area contributed by atoms with Gasteiger partial charge in [0.25, 0.3) is 0 Å². The van der Waals surface area contributed by atoms with Crippen LogP contribution >= 0.6 is 11.6 Å². The van der Waals surface area contributed by atoms with Crippen LogP contribution in [0.25, 0.3) is 0 Å². The van der Waals surface area contributed by atoms with Gasteiger partial charge in [0.15, 0.2) is 0 Å². The first-order valence-electron chi connectivity index (χ1n) is 4.40. The van der Waals surface area contributed by atoms with E-state index < -0.39 is 11.6 Å². The van der Waals surface area contributed by atoms with Crippen LogP contribution in [0.3, 0.4) is 0 Å². The highest BCUT2D eigenvalue weighted by Crippen LogP contribution is 2.24. The molecule has 0 unspecified atom stereocenters. The molecule has 0 saturated carbocycles. The second-order valence-electron chi connectivity index (χ2n) is 3.34. The van der Waals surface area contributed by atoms with Crippen molar-refractivity contribution in [2.75, 3.05) is 0 Å². The molecule has 0 heterocycles. The fourth-order valence-corrected chi connectivity index (χ4v) is 1.42. The van der Waals surface area contributed by atoms with Crippen molar-refractivity contribution in [2.24, 2.45) is 5.73 Å². The van der Waals surface area contributed by atoms with Gasteiger partial charge in [-0.15, -0.1) is 0 Å². The SMILES string of the molecule is C[C@@H](N)CCc1c(F)ccc(F)c1Cl. The molecule has 1 nitrogen and oxygen atoms in total. The van der Waals surface area contributed by atoms with E-state index >= 15 is 0 Å². The van der Waals surface area contributed by atoms with Gasteiger partial charge < -0.3 is 5.73 Å². The van der Waals surface area contributed by atoms with Crippen LogP contribution in [0.15, 0.2) is 12.1 Å². The molecule has 1 atom stereocenters. The summed E-state index contributed by atoms with van der Waals surface area (Å²) in [6, 6.07) is 2.05. The molecular weight excluding hydrogens is 208 g/mol. The first kappa shape index (κ1) is 11.4. The van der Waals surface area contributed by atoms with E-state index in [0.717, 1.165) is 12.1 Å². The highest BCUT2D eigenvalue weighted by Gasteiger charge is 2.11. The van der Waals surface area contributed by atoms with Crippen molar-refractivity contribution in [3.8, 4) is 0 Å². The van der Waals surface area contributed by atoms with Gasteiger partial charge in [-0.1, -0.05) is 11.6 Å². The van der Waals surface area contributed by atoms with E-state index in [2.05, 4.69) is 0 Å². The molecule has 1 rings (SSSR count). The zero-order valence-electron chi connectivity index (χ0n) is 7.86. The second-order valence-corrected chi connectivity index (χ2v) is 3.72. The maximum absolute atomic E-state index is 13.2. The van der Waals surface area contributed by atoms with Crippen molar-refractivity contribution in [3.63, 3.8) is 0 Å². The van der Waals surface area contributed by atoms with E-state index in [-0.39, 0.29) is 16.6 Å². The molecule has 0 aliphatic heterocycles. The lowest BCUT2D eigenvalue weighted by atomic mass is 10.1. The Kier molecular flexibility index (Phi) is 3.84. The number of hydrogen-bond donors (Lipinski definition) is 1. The van der Waals surface area contributed by atoms with Crippen LogP contribution in [0.5, 0.6) is 0 Å². The average molecular weight is 220 g/mol. The lowest BCUT2D eigenvalue weighted by Crippen LogP contribution is -2.15. The number of benzene rings is 1. The number of hydrogen-bond acceptors (Lipinski definition) is 1. The lowest BCUT2D eigenvalue weighted by Gasteiger charge is -2.08. The quantitative estimate of drug-likeness (QED) is 0.778. The summed E-state index contributed by atoms with van der Waals surface area (Å²) in [6.07, 6.45) is 0.945. The topological polar surface area (TPSA) is 26.0 Å². The van der Waals surface area contributed by atoms with Gasteiger partial charge in [0, 0.05) is 11.6 Å². The first-order chi connectivity index (χ1) is 6.52. The minimum atomic E-state index is -0.590. The molecular formula is C10H12ClF2N. The zero-order valence-corrected chi connectivity index (χ0v) is 8.61. The Balaban J connectivity index is 2.89. The van der Waals surface area contributed by atoms with Crippen LogP contribution in [0.1, 0.15) is 18.9 Å². The molecule has 0 bridgehead atoms. The van der Waals surface area contributed by atoms with Crippen molar-refractivity contribution in [3.05, 3.63) is 34.4 Å². The molecule has 1 aromatic carbocycles. The van der Waals surface area contributed by atoms with Gasteiger partial charge in [0.1, 0.15) is 11.6 Å². The fourth-order valence-electron chi connectivity index (χ4n) is 1.17. The third-order valence-electron chi connectivity index (χ3n) is 1.99. The van der Waals surface area contributed by atoms with Crippen LogP contribution in [0, 0.1) is 11.6 Å². The molecule has 0 fully saturated rings. The molecule has 0 aromatic heterocycles. The van der Waals surface area contributed by atoms with Crippen molar-refractivity contribution in [1.82, 2.24) is 0 Å². The largest absolute Gasteiger partial charge is 0.328 e. The Morgan fingerprint density at radius 3 is 2.50 bits per heavy atom. The third kappa shape index (κ3) is 2.66. The van der Waals surface area contributed by atoms with Crippen LogP contribution in [-0.4, -0.2) is 6.04 Å².